The van der Waals surface area contributed by atoms with Crippen LogP contribution in [0.5, 0.6) is 0 Å². The van der Waals surface area contributed by atoms with Crippen molar-refractivity contribution in [2.45, 2.75) is 38.7 Å². The fourth-order valence-corrected chi connectivity index (χ4v) is 3.37. The number of halogens is 1. The smallest absolute Gasteiger partial charge is 0.191 e. The van der Waals surface area contributed by atoms with Crippen LogP contribution in [0.4, 0.5) is 4.39 Å². The maximum absolute atomic E-state index is 13.3. The van der Waals surface area contributed by atoms with Crippen molar-refractivity contribution in [1.29, 1.82) is 0 Å². The summed E-state index contributed by atoms with van der Waals surface area (Å²) >= 11 is 0. The Morgan fingerprint density at radius 1 is 1.39 bits per heavy atom. The van der Waals surface area contributed by atoms with E-state index in [0.29, 0.717) is 19.8 Å². The van der Waals surface area contributed by atoms with Gasteiger partial charge < -0.3 is 25.1 Å². The highest BCUT2D eigenvalue weighted by Crippen LogP contribution is 2.19. The van der Waals surface area contributed by atoms with Gasteiger partial charge in [-0.15, -0.1) is 0 Å². The van der Waals surface area contributed by atoms with Gasteiger partial charge in [0, 0.05) is 49.9 Å². The van der Waals surface area contributed by atoms with Crippen LogP contribution in [-0.2, 0) is 15.9 Å². The third-order valence-electron chi connectivity index (χ3n) is 4.80. The zero-order valence-corrected chi connectivity index (χ0v) is 16.6. The Labute approximate surface area is 165 Å². The van der Waals surface area contributed by atoms with E-state index in [0.717, 1.165) is 62.2 Å². The van der Waals surface area contributed by atoms with E-state index in [1.807, 2.05) is 12.3 Å². The van der Waals surface area contributed by atoms with Crippen molar-refractivity contribution in [3.63, 3.8) is 0 Å². The lowest BCUT2D eigenvalue weighted by atomic mass is 10.1. The number of benzene rings is 1. The van der Waals surface area contributed by atoms with Crippen LogP contribution in [0.1, 0.15) is 31.7 Å². The SMILES string of the molecule is CCNC(=NCCCOCC1CCCO1)NCCc1c[nH]c2cc(F)ccc12. The molecule has 1 aromatic heterocycles. The number of guanidine groups is 1. The van der Waals surface area contributed by atoms with Crippen molar-refractivity contribution in [3.8, 4) is 0 Å². The number of aromatic amines is 1. The molecule has 6 nitrogen and oxygen atoms in total. The molecule has 1 aliphatic heterocycles. The first-order valence-corrected chi connectivity index (χ1v) is 10.2. The molecular formula is C21H31FN4O2. The first-order valence-electron chi connectivity index (χ1n) is 10.2. The minimum Gasteiger partial charge on any atom is -0.379 e. The summed E-state index contributed by atoms with van der Waals surface area (Å²) in [6, 6.07) is 4.85. The van der Waals surface area contributed by atoms with Crippen molar-refractivity contribution in [2.75, 3.05) is 39.5 Å². The highest BCUT2D eigenvalue weighted by Gasteiger charge is 2.14. The fourth-order valence-electron chi connectivity index (χ4n) is 3.37. The molecule has 154 valence electrons. The Morgan fingerprint density at radius 3 is 3.14 bits per heavy atom. The van der Waals surface area contributed by atoms with Crippen molar-refractivity contribution >= 4 is 16.9 Å². The monoisotopic (exact) mass is 390 g/mol. The summed E-state index contributed by atoms with van der Waals surface area (Å²) < 4.78 is 24.5. The zero-order chi connectivity index (χ0) is 19.6. The lowest BCUT2D eigenvalue weighted by Gasteiger charge is -2.12. The predicted molar refractivity (Wildman–Crippen MR) is 110 cm³/mol. The number of aliphatic imine (C=N–C) groups is 1. The summed E-state index contributed by atoms with van der Waals surface area (Å²) in [7, 11) is 0. The Morgan fingerprint density at radius 2 is 2.32 bits per heavy atom. The second-order valence-electron chi connectivity index (χ2n) is 7.00. The number of rotatable bonds is 10. The van der Waals surface area contributed by atoms with E-state index in [1.54, 1.807) is 0 Å². The topological polar surface area (TPSA) is 70.7 Å². The van der Waals surface area contributed by atoms with Crippen molar-refractivity contribution in [3.05, 3.63) is 35.8 Å². The van der Waals surface area contributed by atoms with Crippen molar-refractivity contribution in [2.24, 2.45) is 4.99 Å². The third-order valence-corrected chi connectivity index (χ3v) is 4.80. The van der Waals surface area contributed by atoms with Crippen LogP contribution in [-0.4, -0.2) is 56.5 Å². The van der Waals surface area contributed by atoms with Crippen LogP contribution < -0.4 is 10.6 Å². The summed E-state index contributed by atoms with van der Waals surface area (Å²) in [5, 5.41) is 7.69. The highest BCUT2D eigenvalue weighted by molar-refractivity contribution is 5.83. The maximum Gasteiger partial charge on any atom is 0.191 e. The molecule has 0 radical (unpaired) electrons. The average molecular weight is 391 g/mol. The molecule has 1 saturated heterocycles. The van der Waals surface area contributed by atoms with Gasteiger partial charge in [0.05, 0.1) is 12.7 Å². The number of nitrogens with one attached hydrogen (secondary N) is 3. The number of hydrogen-bond acceptors (Lipinski definition) is 3. The van der Waals surface area contributed by atoms with Crippen LogP contribution in [0.25, 0.3) is 10.9 Å². The van der Waals surface area contributed by atoms with Gasteiger partial charge in [0.15, 0.2) is 5.96 Å². The van der Waals surface area contributed by atoms with E-state index in [2.05, 4.69) is 27.5 Å². The van der Waals surface area contributed by atoms with Gasteiger partial charge in [0.1, 0.15) is 5.82 Å². The molecule has 2 heterocycles. The Hall–Kier alpha value is -2.12. The first-order chi connectivity index (χ1) is 13.8. The molecule has 1 unspecified atom stereocenters. The van der Waals surface area contributed by atoms with E-state index < -0.39 is 0 Å². The molecule has 0 bridgehead atoms. The molecule has 0 spiro atoms. The molecule has 1 aliphatic rings. The van der Waals surface area contributed by atoms with Crippen molar-refractivity contribution in [1.82, 2.24) is 15.6 Å². The normalized spacial score (nSPS) is 17.4. The fraction of sp³-hybridized carbons (Fsp3) is 0.571. The van der Waals surface area contributed by atoms with Gasteiger partial charge in [-0.1, -0.05) is 0 Å². The second kappa shape index (κ2) is 11.0. The number of nitrogens with zero attached hydrogens (tertiary/aromatic N) is 1. The molecule has 0 saturated carbocycles. The van der Waals surface area contributed by atoms with Gasteiger partial charge in [0.25, 0.3) is 0 Å². The van der Waals surface area contributed by atoms with E-state index in [-0.39, 0.29) is 11.9 Å². The van der Waals surface area contributed by atoms with Crippen LogP contribution in [0.15, 0.2) is 29.4 Å². The summed E-state index contributed by atoms with van der Waals surface area (Å²) in [6.45, 7) is 6.60. The molecule has 1 fully saturated rings. The summed E-state index contributed by atoms with van der Waals surface area (Å²) in [6.07, 6.45) is 6.20. The molecule has 28 heavy (non-hydrogen) atoms. The van der Waals surface area contributed by atoms with Gasteiger partial charge in [-0.05, 0) is 56.4 Å². The minimum atomic E-state index is -0.222. The van der Waals surface area contributed by atoms with E-state index in [4.69, 9.17) is 9.47 Å². The van der Waals surface area contributed by atoms with Crippen LogP contribution in [0.3, 0.4) is 0 Å². The van der Waals surface area contributed by atoms with Gasteiger partial charge >= 0.3 is 0 Å². The first kappa shape index (κ1) is 20.6. The van der Waals surface area contributed by atoms with Crippen LogP contribution >= 0.6 is 0 Å². The molecule has 1 atom stereocenters. The molecule has 3 N–H and O–H groups in total. The summed E-state index contributed by atoms with van der Waals surface area (Å²) in [4.78, 5) is 7.73. The third kappa shape index (κ3) is 6.21. The lowest BCUT2D eigenvalue weighted by molar-refractivity contribution is 0.0171. The molecule has 0 amide bonds. The van der Waals surface area contributed by atoms with Crippen LogP contribution in [0.2, 0.25) is 0 Å². The Kier molecular flexibility index (Phi) is 8.11. The van der Waals surface area contributed by atoms with E-state index >= 15 is 0 Å². The summed E-state index contributed by atoms with van der Waals surface area (Å²) in [5.74, 6) is 0.591. The second-order valence-corrected chi connectivity index (χ2v) is 7.00. The zero-order valence-electron chi connectivity index (χ0n) is 16.6. The van der Waals surface area contributed by atoms with E-state index in [9.17, 15) is 4.39 Å². The highest BCUT2D eigenvalue weighted by atomic mass is 19.1. The number of H-pyrrole nitrogens is 1. The molecule has 0 aliphatic carbocycles. The Balaban J connectivity index is 1.37. The predicted octanol–water partition coefficient (Wildman–Crippen LogP) is 2.99. The summed E-state index contributed by atoms with van der Waals surface area (Å²) in [5.41, 5.74) is 2.00. The maximum atomic E-state index is 13.3. The van der Waals surface area contributed by atoms with Crippen LogP contribution in [0, 0.1) is 5.82 Å². The number of hydrogen-bond donors (Lipinski definition) is 3. The number of aromatic nitrogens is 1. The Bertz CT molecular complexity index is 756. The molecule has 1 aromatic carbocycles. The van der Waals surface area contributed by atoms with Gasteiger partial charge in [-0.3, -0.25) is 4.99 Å². The van der Waals surface area contributed by atoms with Gasteiger partial charge in [0.2, 0.25) is 0 Å². The van der Waals surface area contributed by atoms with Gasteiger partial charge in [-0.25, -0.2) is 4.39 Å². The average Bonchev–Trinajstić information content (AvgIpc) is 3.34. The number of fused-ring (bicyclic) bond motifs is 1. The quantitative estimate of drug-likeness (QED) is 0.331. The minimum absolute atomic E-state index is 0.222. The molecule has 7 heteroatoms. The van der Waals surface area contributed by atoms with Gasteiger partial charge in [-0.2, -0.15) is 0 Å². The number of ether oxygens (including phenoxy) is 2. The van der Waals surface area contributed by atoms with E-state index in [1.165, 1.54) is 17.7 Å². The lowest BCUT2D eigenvalue weighted by Crippen LogP contribution is -2.38. The molecule has 2 aromatic rings. The molecular weight excluding hydrogens is 359 g/mol. The standard InChI is InChI=1S/C21H31FN4O2/c1-2-23-21(24-9-4-11-27-15-18-5-3-12-28-18)25-10-8-16-14-26-20-13-17(22)6-7-19(16)20/h6-7,13-14,18,26H,2-5,8-12,15H2,1H3,(H2,23,24,25). The largest absolute Gasteiger partial charge is 0.379 e. The van der Waals surface area contributed by atoms with Crippen molar-refractivity contribution < 1.29 is 13.9 Å². The molecule has 3 rings (SSSR count).